The average molecular weight is 561 g/mol. The highest BCUT2D eigenvalue weighted by Crippen LogP contribution is 2.40. The number of nitrogens with zero attached hydrogens (tertiary/aromatic N) is 2. The van der Waals surface area contributed by atoms with E-state index in [1.54, 1.807) is 0 Å². The van der Waals surface area contributed by atoms with Crippen molar-refractivity contribution in [2.24, 2.45) is 0 Å². The van der Waals surface area contributed by atoms with Gasteiger partial charge < -0.3 is 9.13 Å². The minimum Gasteiger partial charge on any atom is -0.309 e. The summed E-state index contributed by atoms with van der Waals surface area (Å²) in [6.45, 7) is 0. The summed E-state index contributed by atoms with van der Waals surface area (Å²) >= 11 is 0. The van der Waals surface area contributed by atoms with Crippen LogP contribution in [0.3, 0.4) is 0 Å². The van der Waals surface area contributed by atoms with Gasteiger partial charge >= 0.3 is 0 Å². The third-order valence-electron chi connectivity index (χ3n) is 8.89. The first kappa shape index (κ1) is 24.7. The molecule has 0 spiro atoms. The summed E-state index contributed by atoms with van der Waals surface area (Å²) < 4.78 is 4.86. The van der Waals surface area contributed by atoms with Crippen molar-refractivity contribution in [2.45, 2.75) is 0 Å². The molecule has 0 saturated heterocycles. The normalized spacial score (nSPS) is 11.6. The van der Waals surface area contributed by atoms with E-state index in [-0.39, 0.29) is 0 Å². The third kappa shape index (κ3) is 3.82. The lowest BCUT2D eigenvalue weighted by Gasteiger charge is -2.11. The molecule has 0 aliphatic heterocycles. The van der Waals surface area contributed by atoms with Crippen molar-refractivity contribution in [3.63, 3.8) is 0 Å². The number of benzene rings is 7. The van der Waals surface area contributed by atoms with Crippen molar-refractivity contribution in [3.05, 3.63) is 170 Å². The first-order chi connectivity index (χ1) is 21.8. The maximum atomic E-state index is 2.43. The maximum Gasteiger partial charge on any atom is 0.0548 e. The van der Waals surface area contributed by atoms with Crippen molar-refractivity contribution in [3.8, 4) is 33.6 Å². The summed E-state index contributed by atoms with van der Waals surface area (Å²) in [7, 11) is 0. The van der Waals surface area contributed by atoms with Gasteiger partial charge in [0, 0.05) is 32.9 Å². The van der Waals surface area contributed by atoms with Gasteiger partial charge in [0.1, 0.15) is 0 Å². The summed E-state index contributed by atoms with van der Waals surface area (Å²) in [5.74, 6) is 0. The maximum absolute atomic E-state index is 2.43. The molecule has 0 atom stereocenters. The number of para-hydroxylation sites is 2. The van der Waals surface area contributed by atoms with Gasteiger partial charge in [-0.05, 0) is 70.8 Å². The van der Waals surface area contributed by atoms with E-state index in [1.165, 1.54) is 65.9 Å². The van der Waals surface area contributed by atoms with Crippen LogP contribution in [-0.2, 0) is 0 Å². The van der Waals surface area contributed by atoms with E-state index in [0.29, 0.717) is 0 Å². The molecule has 9 rings (SSSR count). The lowest BCUT2D eigenvalue weighted by molar-refractivity contribution is 1.17. The van der Waals surface area contributed by atoms with Crippen LogP contribution in [0.5, 0.6) is 0 Å². The summed E-state index contributed by atoms with van der Waals surface area (Å²) in [6, 6.07) is 61.4. The highest BCUT2D eigenvalue weighted by molar-refractivity contribution is 6.19. The number of aromatic nitrogens is 2. The van der Waals surface area contributed by atoms with Crippen LogP contribution in [0.25, 0.3) is 77.2 Å². The summed E-state index contributed by atoms with van der Waals surface area (Å²) in [4.78, 5) is 0. The van der Waals surface area contributed by atoms with Gasteiger partial charge in [-0.15, -0.1) is 0 Å². The second-order valence-corrected chi connectivity index (χ2v) is 11.4. The van der Waals surface area contributed by atoms with Gasteiger partial charge in [-0.1, -0.05) is 121 Å². The molecule has 0 fully saturated rings. The van der Waals surface area contributed by atoms with E-state index >= 15 is 0 Å². The second-order valence-electron chi connectivity index (χ2n) is 11.4. The Kier molecular flexibility index (Phi) is 5.54. The molecule has 0 amide bonds. The van der Waals surface area contributed by atoms with Crippen molar-refractivity contribution in [1.29, 1.82) is 0 Å². The van der Waals surface area contributed by atoms with Crippen LogP contribution in [0.2, 0.25) is 0 Å². The molecule has 2 heterocycles. The van der Waals surface area contributed by atoms with Gasteiger partial charge in [-0.3, -0.25) is 0 Å². The molecular formula is C42H28N2. The Morgan fingerprint density at radius 1 is 0.250 bits per heavy atom. The van der Waals surface area contributed by atoms with Gasteiger partial charge in [0.05, 0.1) is 22.1 Å². The fourth-order valence-corrected chi connectivity index (χ4v) is 6.90. The zero-order chi connectivity index (χ0) is 29.0. The average Bonchev–Trinajstić information content (AvgIpc) is 3.60. The first-order valence-electron chi connectivity index (χ1n) is 15.1. The summed E-state index contributed by atoms with van der Waals surface area (Å²) in [5, 5.41) is 5.01. The van der Waals surface area contributed by atoms with Crippen molar-refractivity contribution in [1.82, 2.24) is 9.13 Å². The monoisotopic (exact) mass is 560 g/mol. The van der Waals surface area contributed by atoms with Crippen molar-refractivity contribution < 1.29 is 0 Å². The molecule has 0 aliphatic carbocycles. The highest BCUT2D eigenvalue weighted by atomic mass is 15.0. The quantitative estimate of drug-likeness (QED) is 0.203. The number of rotatable bonds is 4. The molecule has 0 bridgehead atoms. The standard InChI is InChI=1S/C42H28N2/c1-3-13-29(14-4-1)31-17-11-19-33(25-31)43-39-23-9-7-21-35(39)37-28-42-38(27-41(37)43)36-22-8-10-24-40(36)44(42)34-20-12-18-32(26-34)30-15-5-2-6-16-30/h1-28H. The van der Waals surface area contributed by atoms with Crippen LogP contribution >= 0.6 is 0 Å². The predicted octanol–water partition coefficient (Wildman–Crippen LogP) is 11.2. The zero-order valence-electron chi connectivity index (χ0n) is 24.1. The van der Waals surface area contributed by atoms with Crippen LogP contribution in [0.15, 0.2) is 170 Å². The van der Waals surface area contributed by atoms with Gasteiger partial charge in [-0.2, -0.15) is 0 Å². The Hall–Kier alpha value is -5.86. The van der Waals surface area contributed by atoms with Gasteiger partial charge in [0.2, 0.25) is 0 Å². The van der Waals surface area contributed by atoms with E-state index in [0.717, 1.165) is 11.4 Å². The van der Waals surface area contributed by atoms with E-state index in [1.807, 2.05) is 0 Å². The topological polar surface area (TPSA) is 9.86 Å². The molecule has 9 aromatic rings. The molecule has 0 saturated carbocycles. The van der Waals surface area contributed by atoms with Crippen molar-refractivity contribution in [2.75, 3.05) is 0 Å². The highest BCUT2D eigenvalue weighted by Gasteiger charge is 2.18. The van der Waals surface area contributed by atoms with Gasteiger partial charge in [0.25, 0.3) is 0 Å². The van der Waals surface area contributed by atoms with Crippen molar-refractivity contribution >= 4 is 43.6 Å². The predicted molar refractivity (Wildman–Crippen MR) is 186 cm³/mol. The molecule has 2 aromatic heterocycles. The molecule has 0 aliphatic rings. The Morgan fingerprint density at radius 3 is 1.09 bits per heavy atom. The van der Waals surface area contributed by atoms with Crippen LogP contribution in [0.1, 0.15) is 0 Å². The third-order valence-corrected chi connectivity index (χ3v) is 8.89. The fourth-order valence-electron chi connectivity index (χ4n) is 6.90. The minimum absolute atomic E-state index is 1.16. The largest absolute Gasteiger partial charge is 0.309 e. The SMILES string of the molecule is c1ccc(-c2cccc(-n3c4ccccc4c4cc5c(cc43)c3ccccc3n5-c3cccc(-c4ccccc4)c3)c2)cc1. The lowest BCUT2D eigenvalue weighted by atomic mass is 10.1. The molecule has 206 valence electrons. The van der Waals surface area contributed by atoms with Gasteiger partial charge in [0.15, 0.2) is 0 Å². The lowest BCUT2D eigenvalue weighted by Crippen LogP contribution is -1.95. The molecular weight excluding hydrogens is 532 g/mol. The fraction of sp³-hybridized carbons (Fsp3) is 0. The van der Waals surface area contributed by atoms with E-state index in [4.69, 9.17) is 0 Å². The molecule has 2 heteroatoms. The molecule has 44 heavy (non-hydrogen) atoms. The molecule has 0 unspecified atom stereocenters. The minimum atomic E-state index is 1.16. The summed E-state index contributed by atoms with van der Waals surface area (Å²) in [5.41, 5.74) is 12.0. The van der Waals surface area contributed by atoms with E-state index in [9.17, 15) is 0 Å². The van der Waals surface area contributed by atoms with E-state index in [2.05, 4.69) is 179 Å². The smallest absolute Gasteiger partial charge is 0.0548 e. The Morgan fingerprint density at radius 2 is 0.636 bits per heavy atom. The molecule has 7 aromatic carbocycles. The molecule has 0 radical (unpaired) electrons. The van der Waals surface area contributed by atoms with Crippen LogP contribution < -0.4 is 0 Å². The molecule has 0 N–H and O–H groups in total. The van der Waals surface area contributed by atoms with Crippen LogP contribution in [0.4, 0.5) is 0 Å². The molecule has 2 nitrogen and oxygen atoms in total. The first-order valence-corrected chi connectivity index (χ1v) is 15.1. The van der Waals surface area contributed by atoms with Gasteiger partial charge in [-0.25, -0.2) is 0 Å². The van der Waals surface area contributed by atoms with Crippen LogP contribution in [0, 0.1) is 0 Å². The number of fused-ring (bicyclic) bond motifs is 6. The second kappa shape index (κ2) is 9.86. The summed E-state index contributed by atoms with van der Waals surface area (Å²) in [6.07, 6.45) is 0. The Labute approximate surface area is 255 Å². The van der Waals surface area contributed by atoms with Crippen LogP contribution in [-0.4, -0.2) is 9.13 Å². The number of hydrogen-bond donors (Lipinski definition) is 0. The Bertz CT molecular complexity index is 2300. The Balaban J connectivity index is 1.34. The zero-order valence-corrected chi connectivity index (χ0v) is 24.1. The van der Waals surface area contributed by atoms with E-state index < -0.39 is 0 Å². The number of hydrogen-bond acceptors (Lipinski definition) is 0.